The minimum atomic E-state index is -2.07. The number of pyridine rings is 1. The van der Waals surface area contributed by atoms with Crippen LogP contribution in [0, 0.1) is 0 Å². The Morgan fingerprint density at radius 3 is 1.81 bits per heavy atom. The predicted molar refractivity (Wildman–Crippen MR) is 125 cm³/mol. The zero-order valence-corrected chi connectivity index (χ0v) is 20.6. The number of carbonyl (C=O) groups is 2. The molecule has 1 atom stereocenters. The highest BCUT2D eigenvalue weighted by Gasteiger charge is 2.53. The molecule has 0 aliphatic carbocycles. The van der Waals surface area contributed by atoms with E-state index in [1.54, 1.807) is 12.1 Å². The van der Waals surface area contributed by atoms with Gasteiger partial charge in [-0.15, -0.1) is 0 Å². The average molecular weight is 452 g/mol. The molecule has 0 aliphatic heterocycles. The lowest BCUT2D eigenvalue weighted by atomic mass is 10.1. The first kappa shape index (κ1) is 27.1. The van der Waals surface area contributed by atoms with Crippen LogP contribution in [0.5, 0.6) is 0 Å². The van der Waals surface area contributed by atoms with Crippen LogP contribution in [0.1, 0.15) is 64.9 Å². The number of aromatic nitrogens is 1. The topological polar surface area (TPSA) is 88.6 Å². The maximum atomic E-state index is 13.5. The van der Waals surface area contributed by atoms with E-state index in [1.165, 1.54) is 26.6 Å². The molecule has 6 nitrogen and oxygen atoms in total. The molecular weight excluding hydrogens is 413 g/mol. The van der Waals surface area contributed by atoms with Crippen molar-refractivity contribution in [3.8, 4) is 0 Å². The molecule has 1 aromatic heterocycles. The van der Waals surface area contributed by atoms with Crippen LogP contribution in [-0.4, -0.2) is 55.3 Å². The fourth-order valence-electron chi connectivity index (χ4n) is 3.97. The Kier molecular flexibility index (Phi) is 12.4. The zero-order valence-electron chi connectivity index (χ0n) is 19.7. The molecule has 0 saturated carbocycles. The second-order valence-electron chi connectivity index (χ2n) is 7.85. The van der Waals surface area contributed by atoms with Crippen molar-refractivity contribution in [2.75, 3.05) is 32.7 Å². The fourth-order valence-corrected chi connectivity index (χ4v) is 9.57. The quantitative estimate of drug-likeness (QED) is 0.181. The highest BCUT2D eigenvalue weighted by atomic mass is 31.2. The maximum absolute atomic E-state index is 13.5. The summed E-state index contributed by atoms with van der Waals surface area (Å²) in [7, 11) is 0.504. The smallest absolute Gasteiger partial charge is 0.351 e. The molecule has 0 radical (unpaired) electrons. The normalized spacial score (nSPS) is 13.3. The fraction of sp³-hybridized carbons (Fsp3) is 0.625. The second kappa shape index (κ2) is 14.2. The molecule has 0 bridgehead atoms. The standard InChI is InChI=1S/C24H38NO5P/c1-6-9-16-31(17-10-7-2,18-11-8-3)22(24(28)30-5)20(23(27)29-4)21(26)19-12-14-25-15-13-19/h12-15,22H,6-11,16-18H2,1-5H3. The van der Waals surface area contributed by atoms with Crippen molar-refractivity contribution in [3.05, 3.63) is 35.7 Å². The van der Waals surface area contributed by atoms with Crippen LogP contribution in [0.2, 0.25) is 0 Å². The third-order valence-electron chi connectivity index (χ3n) is 5.71. The molecular formula is C24H38NO5P. The largest absolute Gasteiger partial charge is 0.872 e. The Labute approximate surface area is 187 Å². The van der Waals surface area contributed by atoms with Gasteiger partial charge in [0.25, 0.3) is 0 Å². The number of unbranched alkanes of at least 4 members (excludes halogenated alkanes) is 3. The van der Waals surface area contributed by atoms with E-state index in [-0.39, 0.29) is 5.57 Å². The van der Waals surface area contributed by atoms with E-state index < -0.39 is 30.6 Å². The van der Waals surface area contributed by atoms with E-state index in [0.29, 0.717) is 5.56 Å². The monoisotopic (exact) mass is 451 g/mol. The summed E-state index contributed by atoms with van der Waals surface area (Å²) in [5.74, 6) is -1.72. The summed E-state index contributed by atoms with van der Waals surface area (Å²) in [6.45, 7) is 6.36. The van der Waals surface area contributed by atoms with E-state index in [4.69, 9.17) is 9.47 Å². The van der Waals surface area contributed by atoms with Crippen LogP contribution >= 0.6 is 7.26 Å². The molecule has 1 rings (SSSR count). The summed E-state index contributed by atoms with van der Waals surface area (Å²) in [5.41, 5.74) is -0.628. The van der Waals surface area contributed by atoms with Gasteiger partial charge in [0.1, 0.15) is 0 Å². The molecule has 0 saturated heterocycles. The number of esters is 2. The first-order valence-electron chi connectivity index (χ1n) is 11.3. The van der Waals surface area contributed by atoms with Gasteiger partial charge in [-0.3, -0.25) is 4.98 Å². The summed E-state index contributed by atoms with van der Waals surface area (Å²) >= 11 is 0. The van der Waals surface area contributed by atoms with Crippen LogP contribution in [0.15, 0.2) is 30.1 Å². The molecule has 0 fully saturated rings. The molecule has 174 valence electrons. The number of hydrogen-bond acceptors (Lipinski definition) is 6. The number of hydrogen-bond donors (Lipinski definition) is 0. The van der Waals surface area contributed by atoms with Crippen molar-refractivity contribution < 1.29 is 24.2 Å². The van der Waals surface area contributed by atoms with E-state index in [0.717, 1.165) is 57.0 Å². The summed E-state index contributed by atoms with van der Waals surface area (Å²) < 4.78 is 10.3. The van der Waals surface area contributed by atoms with E-state index in [2.05, 4.69) is 25.8 Å². The summed E-state index contributed by atoms with van der Waals surface area (Å²) in [6, 6.07) is 3.12. The minimum Gasteiger partial charge on any atom is -0.872 e. The molecule has 1 unspecified atom stereocenters. The van der Waals surface area contributed by atoms with Crippen LogP contribution in [0.25, 0.3) is 5.76 Å². The van der Waals surface area contributed by atoms with Crippen molar-refractivity contribution in [3.63, 3.8) is 0 Å². The van der Waals surface area contributed by atoms with Gasteiger partial charge in [0.05, 0.1) is 38.3 Å². The van der Waals surface area contributed by atoms with Crippen molar-refractivity contribution >= 4 is 25.0 Å². The predicted octanol–water partition coefficient (Wildman–Crippen LogP) is 4.29. The molecule has 7 heteroatoms. The van der Waals surface area contributed by atoms with Gasteiger partial charge in [-0.05, 0) is 37.0 Å². The van der Waals surface area contributed by atoms with Gasteiger partial charge in [0, 0.05) is 19.7 Å². The van der Waals surface area contributed by atoms with E-state index in [1.807, 2.05) is 0 Å². The van der Waals surface area contributed by atoms with Crippen molar-refractivity contribution in [2.24, 2.45) is 0 Å². The molecule has 1 aromatic rings. The summed E-state index contributed by atoms with van der Waals surface area (Å²) in [4.78, 5) is 30.2. The van der Waals surface area contributed by atoms with Gasteiger partial charge in [0.2, 0.25) is 0 Å². The lowest BCUT2D eigenvalue weighted by Gasteiger charge is -2.36. The van der Waals surface area contributed by atoms with Crippen LogP contribution in [0.4, 0.5) is 0 Å². The highest BCUT2D eigenvalue weighted by Crippen LogP contribution is 2.67. The average Bonchev–Trinajstić information content (AvgIpc) is 2.81. The number of carbonyl (C=O) groups excluding carboxylic acids is 2. The molecule has 31 heavy (non-hydrogen) atoms. The highest BCUT2D eigenvalue weighted by molar-refractivity contribution is 7.77. The van der Waals surface area contributed by atoms with Gasteiger partial charge >= 0.3 is 11.9 Å². The number of nitrogens with zero attached hydrogens (tertiary/aromatic N) is 1. The number of ether oxygens (including phenoxy) is 2. The van der Waals surface area contributed by atoms with E-state index in [9.17, 15) is 14.7 Å². The van der Waals surface area contributed by atoms with Crippen LogP contribution in [-0.2, 0) is 19.1 Å². The first-order valence-corrected chi connectivity index (χ1v) is 13.7. The SMILES string of the molecule is CCCC[P+](CCCC)(CCCC)C(C(=O)OC)/C(C(=O)OC)=C(\[O-])c1ccncc1. The molecule has 1 heterocycles. The Hall–Kier alpha value is -1.94. The molecule has 0 spiro atoms. The molecule has 0 N–H and O–H groups in total. The van der Waals surface area contributed by atoms with E-state index >= 15 is 0 Å². The van der Waals surface area contributed by atoms with Crippen molar-refractivity contribution in [1.29, 1.82) is 0 Å². The minimum absolute atomic E-state index is 0.0859. The number of methoxy groups -OCH3 is 2. The lowest BCUT2D eigenvalue weighted by molar-refractivity contribution is -0.245. The maximum Gasteiger partial charge on any atom is 0.351 e. The molecule has 0 aromatic carbocycles. The van der Waals surface area contributed by atoms with Crippen molar-refractivity contribution in [1.82, 2.24) is 4.98 Å². The summed E-state index contributed by atoms with van der Waals surface area (Å²) in [5, 5.41) is 13.5. The van der Waals surface area contributed by atoms with Gasteiger partial charge in [-0.2, -0.15) is 0 Å². The van der Waals surface area contributed by atoms with Gasteiger partial charge in [-0.25, -0.2) is 9.59 Å². The van der Waals surface area contributed by atoms with Crippen LogP contribution in [0.3, 0.4) is 0 Å². The van der Waals surface area contributed by atoms with Gasteiger partial charge in [0.15, 0.2) is 5.66 Å². The Morgan fingerprint density at radius 2 is 1.42 bits per heavy atom. The van der Waals surface area contributed by atoms with Gasteiger partial charge in [-0.1, -0.05) is 45.8 Å². The third kappa shape index (κ3) is 7.31. The number of rotatable bonds is 14. The summed E-state index contributed by atoms with van der Waals surface area (Å²) in [6.07, 6.45) is 11.4. The molecule has 0 aliphatic rings. The zero-order chi connectivity index (χ0) is 23.3. The first-order chi connectivity index (χ1) is 14.9. The second-order valence-corrected chi connectivity index (χ2v) is 12.1. The molecule has 0 amide bonds. The van der Waals surface area contributed by atoms with Gasteiger partial charge < -0.3 is 14.6 Å². The van der Waals surface area contributed by atoms with Crippen LogP contribution < -0.4 is 5.11 Å². The third-order valence-corrected chi connectivity index (χ3v) is 10.9. The Balaban J connectivity index is 3.81. The Morgan fingerprint density at radius 1 is 0.935 bits per heavy atom. The Bertz CT molecular complexity index is 698. The van der Waals surface area contributed by atoms with Crippen molar-refractivity contribution in [2.45, 2.75) is 65.0 Å². The lowest BCUT2D eigenvalue weighted by Crippen LogP contribution is -2.37.